The molecule has 0 bridgehead atoms. The largest absolute Gasteiger partial charge is 0.494 e. The molecule has 2 nitrogen and oxygen atoms in total. The van der Waals surface area contributed by atoms with Crippen LogP contribution in [-0.2, 0) is 9.31 Å². The maximum atomic E-state index is 7.98. The van der Waals surface area contributed by atoms with Gasteiger partial charge in [0.1, 0.15) is 0 Å². The number of hydrogen-bond donors (Lipinski definition) is 0. The molecule has 0 radical (unpaired) electrons. The smallest absolute Gasteiger partial charge is 0.399 e. The van der Waals surface area contributed by atoms with Gasteiger partial charge in [-0.3, -0.25) is 0 Å². The minimum atomic E-state index is -0.853. The Hall–Kier alpha value is -1.06. The molecule has 0 N–H and O–H groups in total. The Morgan fingerprint density at radius 2 is 1.59 bits per heavy atom. The molecule has 1 fully saturated rings. The van der Waals surface area contributed by atoms with Crippen molar-refractivity contribution in [3.05, 3.63) is 42.4 Å². The lowest BCUT2D eigenvalue weighted by molar-refractivity contribution is 0.00578. The summed E-state index contributed by atoms with van der Waals surface area (Å²) in [7, 11) is -0.853. The van der Waals surface area contributed by atoms with Crippen molar-refractivity contribution < 1.29 is 16.2 Å². The monoisotopic (exact) mass is 235 g/mol. The van der Waals surface area contributed by atoms with E-state index in [9.17, 15) is 0 Å². The van der Waals surface area contributed by atoms with E-state index in [0.717, 1.165) is 0 Å². The summed E-state index contributed by atoms with van der Waals surface area (Å²) in [5.74, 6) is 0. The van der Waals surface area contributed by atoms with Gasteiger partial charge in [0.15, 0.2) is 0 Å². The Balaban J connectivity index is 2.49. The molecule has 0 unspecified atom stereocenters. The highest BCUT2D eigenvalue weighted by Crippen LogP contribution is 2.39. The normalized spacial score (nSPS) is 25.6. The van der Waals surface area contributed by atoms with Gasteiger partial charge in [-0.25, -0.2) is 0 Å². The lowest BCUT2D eigenvalue weighted by atomic mass is 9.75. The second kappa shape index (κ2) is 4.00. The molecule has 1 aliphatic rings. The Labute approximate surface area is 111 Å². The van der Waals surface area contributed by atoms with Crippen LogP contribution < -0.4 is 0 Å². The lowest BCUT2D eigenvalue weighted by Gasteiger charge is -2.32. The van der Waals surface area contributed by atoms with E-state index in [2.05, 4.69) is 6.58 Å². The van der Waals surface area contributed by atoms with Crippen LogP contribution in [-0.4, -0.2) is 18.3 Å². The first kappa shape index (κ1) is 7.40. The summed E-state index contributed by atoms with van der Waals surface area (Å²) in [5, 5.41) is 0. The topological polar surface area (TPSA) is 18.5 Å². The van der Waals surface area contributed by atoms with Gasteiger partial charge in [-0.1, -0.05) is 36.8 Å². The SMILES string of the molecule is [2H]c1c([2H])c([2H])c(C(=C)B2OC(C)(C)C(C)(C)O2)c([2H])c1[2H]. The van der Waals surface area contributed by atoms with Crippen LogP contribution in [0.25, 0.3) is 5.47 Å². The van der Waals surface area contributed by atoms with Crippen LogP contribution in [0.3, 0.4) is 0 Å². The van der Waals surface area contributed by atoms with Gasteiger partial charge in [0.25, 0.3) is 0 Å². The van der Waals surface area contributed by atoms with Gasteiger partial charge < -0.3 is 9.31 Å². The average molecular weight is 235 g/mol. The first-order valence-corrected chi connectivity index (χ1v) is 5.52. The van der Waals surface area contributed by atoms with Crippen molar-refractivity contribution in [1.29, 1.82) is 0 Å². The number of rotatable bonds is 2. The van der Waals surface area contributed by atoms with Gasteiger partial charge >= 0.3 is 7.12 Å². The molecule has 0 amide bonds. The van der Waals surface area contributed by atoms with Crippen molar-refractivity contribution in [3.63, 3.8) is 0 Å². The summed E-state index contributed by atoms with van der Waals surface area (Å²) in [4.78, 5) is 0. The van der Waals surface area contributed by atoms with Crippen molar-refractivity contribution in [2.24, 2.45) is 0 Å². The fourth-order valence-corrected chi connectivity index (χ4v) is 1.51. The third-order valence-electron chi connectivity index (χ3n) is 3.36. The Kier molecular flexibility index (Phi) is 1.74. The molecular formula is C14H19BO2. The summed E-state index contributed by atoms with van der Waals surface area (Å²) in [6.07, 6.45) is 0. The third-order valence-corrected chi connectivity index (χ3v) is 3.36. The van der Waals surface area contributed by atoms with Crippen LogP contribution in [0, 0.1) is 0 Å². The minimum Gasteiger partial charge on any atom is -0.399 e. The highest BCUT2D eigenvalue weighted by Gasteiger charge is 2.52. The van der Waals surface area contributed by atoms with Gasteiger partial charge in [-0.2, -0.15) is 0 Å². The van der Waals surface area contributed by atoms with Gasteiger partial charge in [-0.15, -0.1) is 0 Å². The first-order chi connectivity index (χ1) is 9.90. The molecule has 1 aromatic rings. The van der Waals surface area contributed by atoms with Crippen LogP contribution in [0.4, 0.5) is 0 Å². The van der Waals surface area contributed by atoms with E-state index in [1.54, 1.807) is 0 Å². The molecule has 1 heterocycles. The molecule has 2 rings (SSSR count). The fourth-order valence-electron chi connectivity index (χ4n) is 1.51. The van der Waals surface area contributed by atoms with E-state index >= 15 is 0 Å². The van der Waals surface area contributed by atoms with Crippen LogP contribution in [0.5, 0.6) is 0 Å². The molecule has 17 heavy (non-hydrogen) atoms. The molecular weight excluding hydrogens is 211 g/mol. The van der Waals surface area contributed by atoms with Crippen molar-refractivity contribution in [1.82, 2.24) is 0 Å². The van der Waals surface area contributed by atoms with Crippen molar-refractivity contribution in [2.75, 3.05) is 0 Å². The van der Waals surface area contributed by atoms with E-state index in [-0.39, 0.29) is 23.1 Å². The fraction of sp³-hybridized carbons (Fsp3) is 0.429. The summed E-state index contributed by atoms with van der Waals surface area (Å²) in [6.45, 7) is 11.4. The Bertz CT molecular complexity index is 612. The van der Waals surface area contributed by atoms with Gasteiger partial charge in [-0.05, 0) is 38.7 Å². The number of hydrogen-bond acceptors (Lipinski definition) is 2. The quantitative estimate of drug-likeness (QED) is 0.732. The molecule has 0 aliphatic carbocycles. The summed E-state index contributed by atoms with van der Waals surface area (Å²) in [5.41, 5.74) is -0.915. The number of benzene rings is 1. The predicted octanol–water partition coefficient (Wildman–Crippen LogP) is 3.33. The third kappa shape index (κ3) is 2.17. The molecule has 1 saturated heterocycles. The standard InChI is InChI=1S/C14H19BO2/c1-11(12-9-7-6-8-10-12)15-16-13(2,3)14(4,5)17-15/h6-10H,1H2,2-5H3/i6D,7D,8D,9D,10D. The molecule has 1 aliphatic heterocycles. The highest BCUT2D eigenvalue weighted by atomic mass is 16.7. The maximum absolute atomic E-state index is 7.98. The zero-order valence-corrected chi connectivity index (χ0v) is 10.6. The molecule has 90 valence electrons. The van der Waals surface area contributed by atoms with Gasteiger partial charge in [0, 0.05) is 0 Å². The van der Waals surface area contributed by atoms with Gasteiger partial charge in [0.05, 0.1) is 18.1 Å². The lowest BCUT2D eigenvalue weighted by Crippen LogP contribution is -2.41. The zero-order valence-electron chi connectivity index (χ0n) is 15.6. The predicted molar refractivity (Wildman–Crippen MR) is 71.6 cm³/mol. The summed E-state index contributed by atoms with van der Waals surface area (Å²) in [6, 6.07) is -1.82. The molecule has 0 saturated carbocycles. The summed E-state index contributed by atoms with van der Waals surface area (Å²) >= 11 is 0. The molecule has 0 atom stereocenters. The highest BCUT2D eigenvalue weighted by molar-refractivity contribution is 6.68. The first-order valence-electron chi connectivity index (χ1n) is 8.02. The minimum absolute atomic E-state index is 0.0319. The second-order valence-corrected chi connectivity index (χ2v) is 5.11. The van der Waals surface area contributed by atoms with E-state index < -0.39 is 36.4 Å². The maximum Gasteiger partial charge on any atom is 0.494 e. The van der Waals surface area contributed by atoms with Crippen molar-refractivity contribution in [2.45, 2.75) is 38.9 Å². The molecule has 0 spiro atoms. The zero-order chi connectivity index (χ0) is 17.0. The van der Waals surface area contributed by atoms with E-state index in [1.807, 2.05) is 27.7 Å². The molecule has 0 aromatic heterocycles. The van der Waals surface area contributed by atoms with Crippen LogP contribution in [0.15, 0.2) is 36.8 Å². The van der Waals surface area contributed by atoms with Crippen LogP contribution in [0.2, 0.25) is 0 Å². The van der Waals surface area contributed by atoms with Crippen LogP contribution >= 0.6 is 0 Å². The van der Waals surface area contributed by atoms with Gasteiger partial charge in [0.2, 0.25) is 0 Å². The second-order valence-electron chi connectivity index (χ2n) is 5.11. The van der Waals surface area contributed by atoms with E-state index in [4.69, 9.17) is 16.2 Å². The molecule has 3 heteroatoms. The average Bonchev–Trinajstić information content (AvgIpc) is 2.63. The Morgan fingerprint density at radius 3 is 2.06 bits per heavy atom. The van der Waals surface area contributed by atoms with Crippen molar-refractivity contribution >= 4 is 12.6 Å². The summed E-state index contributed by atoms with van der Waals surface area (Å²) < 4.78 is 50.7. The Morgan fingerprint density at radius 1 is 1.12 bits per heavy atom. The van der Waals surface area contributed by atoms with Crippen LogP contribution in [0.1, 0.15) is 40.1 Å². The van der Waals surface area contributed by atoms with E-state index in [0.29, 0.717) is 0 Å². The molecule has 1 aromatic carbocycles. The van der Waals surface area contributed by atoms with E-state index in [1.165, 1.54) is 0 Å². The van der Waals surface area contributed by atoms with Crippen molar-refractivity contribution in [3.8, 4) is 0 Å².